The van der Waals surface area contributed by atoms with Gasteiger partial charge in [0, 0.05) is 48.3 Å². The molecule has 0 unspecified atom stereocenters. The Morgan fingerprint density at radius 3 is 2.37 bits per heavy atom. The van der Waals surface area contributed by atoms with Gasteiger partial charge in [0.2, 0.25) is 0 Å². The normalized spacial score (nSPS) is 14.9. The molecule has 8 heteroatoms. The standard InChI is InChI=1S/C21H21BrFN3O.CH2O2/c1-25-6-8-26(9-7-25)13-14-2-4-15(5-3-14)20-12-17-18(21(27)24-20)10-16(23)11-19(17)22;2-1-3/h2-5,10-12H,6-9,13H2,1H3,(H,24,27);1H,(H,2,3). The topological polar surface area (TPSA) is 76.6 Å². The summed E-state index contributed by atoms with van der Waals surface area (Å²) < 4.78 is 14.1. The molecule has 158 valence electrons. The van der Waals surface area contributed by atoms with Crippen LogP contribution in [0.15, 0.2) is 51.7 Å². The number of nitrogens with one attached hydrogen (secondary N) is 1. The molecule has 1 fully saturated rings. The molecule has 3 aromatic rings. The SMILES string of the molecule is CN1CCN(Cc2ccc(-c3cc4c(Br)cc(F)cc4c(=O)[nH]3)cc2)CC1.O=CO. The molecular formula is C22H23BrFN3O3. The number of likely N-dealkylation sites (N-methyl/N-ethyl adjacent to an activating group) is 1. The summed E-state index contributed by atoms with van der Waals surface area (Å²) >= 11 is 3.36. The number of halogens is 2. The minimum absolute atomic E-state index is 0.250. The van der Waals surface area contributed by atoms with Crippen molar-refractivity contribution >= 4 is 33.2 Å². The van der Waals surface area contributed by atoms with Crippen LogP contribution in [-0.2, 0) is 11.3 Å². The minimum Gasteiger partial charge on any atom is -0.483 e. The van der Waals surface area contributed by atoms with E-state index in [0.29, 0.717) is 15.2 Å². The number of carbonyl (C=O) groups is 1. The van der Waals surface area contributed by atoms with Gasteiger partial charge in [0.05, 0.1) is 5.39 Å². The van der Waals surface area contributed by atoms with Gasteiger partial charge in [-0.15, -0.1) is 0 Å². The summed E-state index contributed by atoms with van der Waals surface area (Å²) in [6, 6.07) is 12.8. The number of rotatable bonds is 3. The van der Waals surface area contributed by atoms with Crippen LogP contribution in [0.4, 0.5) is 4.39 Å². The number of carboxylic acid groups (broad SMARTS) is 1. The number of aromatic nitrogens is 1. The van der Waals surface area contributed by atoms with Crippen LogP contribution in [0.2, 0.25) is 0 Å². The van der Waals surface area contributed by atoms with E-state index in [1.165, 1.54) is 17.7 Å². The third kappa shape index (κ3) is 5.33. The van der Waals surface area contributed by atoms with Gasteiger partial charge in [-0.2, -0.15) is 0 Å². The first-order valence-electron chi connectivity index (χ1n) is 9.51. The van der Waals surface area contributed by atoms with E-state index in [1.807, 2.05) is 18.2 Å². The number of hydrogen-bond donors (Lipinski definition) is 2. The molecule has 0 atom stereocenters. The zero-order valence-electron chi connectivity index (χ0n) is 16.6. The number of piperazine rings is 1. The van der Waals surface area contributed by atoms with E-state index in [9.17, 15) is 9.18 Å². The summed E-state index contributed by atoms with van der Waals surface area (Å²) in [4.78, 5) is 28.4. The second-order valence-corrected chi connectivity index (χ2v) is 8.10. The highest BCUT2D eigenvalue weighted by Gasteiger charge is 2.14. The van der Waals surface area contributed by atoms with Crippen LogP contribution in [0.25, 0.3) is 22.0 Å². The lowest BCUT2D eigenvalue weighted by Gasteiger charge is -2.32. The molecular weight excluding hydrogens is 453 g/mol. The summed E-state index contributed by atoms with van der Waals surface area (Å²) in [5.41, 5.74) is 2.64. The molecule has 6 nitrogen and oxygen atoms in total. The number of fused-ring (bicyclic) bond motifs is 1. The van der Waals surface area contributed by atoms with Gasteiger partial charge >= 0.3 is 0 Å². The highest BCUT2D eigenvalue weighted by Crippen LogP contribution is 2.27. The molecule has 1 aliphatic heterocycles. The van der Waals surface area contributed by atoms with Crippen LogP contribution in [0.3, 0.4) is 0 Å². The Morgan fingerprint density at radius 1 is 1.10 bits per heavy atom. The van der Waals surface area contributed by atoms with Gasteiger partial charge in [0.15, 0.2) is 0 Å². The molecule has 0 radical (unpaired) electrons. The molecule has 2 N–H and O–H groups in total. The second kappa shape index (κ2) is 9.97. The maximum absolute atomic E-state index is 13.6. The van der Waals surface area contributed by atoms with E-state index in [-0.39, 0.29) is 12.0 Å². The van der Waals surface area contributed by atoms with E-state index in [0.717, 1.165) is 44.0 Å². The lowest BCUT2D eigenvalue weighted by Crippen LogP contribution is -2.43. The molecule has 2 heterocycles. The van der Waals surface area contributed by atoms with Crippen LogP contribution in [0, 0.1) is 5.82 Å². The number of pyridine rings is 1. The van der Waals surface area contributed by atoms with Crippen LogP contribution < -0.4 is 5.56 Å². The highest BCUT2D eigenvalue weighted by molar-refractivity contribution is 9.10. The van der Waals surface area contributed by atoms with Crippen LogP contribution in [0.1, 0.15) is 5.56 Å². The van der Waals surface area contributed by atoms with Crippen molar-refractivity contribution in [3.05, 3.63) is 68.7 Å². The first kappa shape index (κ1) is 22.1. The first-order chi connectivity index (χ1) is 14.4. The van der Waals surface area contributed by atoms with Gasteiger partial charge in [-0.05, 0) is 36.4 Å². The zero-order valence-corrected chi connectivity index (χ0v) is 18.2. The molecule has 0 amide bonds. The Hall–Kier alpha value is -2.55. The fourth-order valence-corrected chi connectivity index (χ4v) is 4.05. The second-order valence-electron chi connectivity index (χ2n) is 7.24. The third-order valence-corrected chi connectivity index (χ3v) is 5.80. The molecule has 2 aromatic carbocycles. The van der Waals surface area contributed by atoms with Crippen LogP contribution in [0.5, 0.6) is 0 Å². The average Bonchev–Trinajstić information content (AvgIpc) is 2.71. The van der Waals surface area contributed by atoms with Crippen molar-refractivity contribution in [2.24, 2.45) is 0 Å². The van der Waals surface area contributed by atoms with Gasteiger partial charge < -0.3 is 15.0 Å². The van der Waals surface area contributed by atoms with Crippen molar-refractivity contribution < 1.29 is 14.3 Å². The van der Waals surface area contributed by atoms with Crippen molar-refractivity contribution in [1.29, 1.82) is 0 Å². The van der Waals surface area contributed by atoms with Gasteiger partial charge in [0.1, 0.15) is 5.82 Å². The Bertz CT molecular complexity index is 1080. The van der Waals surface area contributed by atoms with Crippen LogP contribution in [-0.4, -0.2) is 59.6 Å². The van der Waals surface area contributed by atoms with Crippen molar-refractivity contribution in [2.75, 3.05) is 33.2 Å². The van der Waals surface area contributed by atoms with Gasteiger partial charge in [-0.3, -0.25) is 14.5 Å². The van der Waals surface area contributed by atoms with Gasteiger partial charge in [-0.25, -0.2) is 4.39 Å². The summed E-state index contributed by atoms with van der Waals surface area (Å²) in [5.74, 6) is -0.430. The number of benzene rings is 2. The molecule has 1 aliphatic rings. The van der Waals surface area contributed by atoms with E-state index in [1.54, 1.807) is 0 Å². The largest absolute Gasteiger partial charge is 0.483 e. The Morgan fingerprint density at radius 2 is 1.73 bits per heavy atom. The zero-order chi connectivity index (χ0) is 21.7. The molecule has 0 bridgehead atoms. The number of aromatic amines is 1. The highest BCUT2D eigenvalue weighted by atomic mass is 79.9. The van der Waals surface area contributed by atoms with Gasteiger partial charge in [0.25, 0.3) is 12.0 Å². The predicted molar refractivity (Wildman–Crippen MR) is 119 cm³/mol. The van der Waals surface area contributed by atoms with E-state index < -0.39 is 5.82 Å². The maximum atomic E-state index is 13.6. The van der Waals surface area contributed by atoms with Crippen LogP contribution >= 0.6 is 15.9 Å². The Labute approximate surface area is 182 Å². The summed E-state index contributed by atoms with van der Waals surface area (Å²) in [6.07, 6.45) is 0. The Balaban J connectivity index is 0.000000806. The molecule has 30 heavy (non-hydrogen) atoms. The number of nitrogens with zero attached hydrogens (tertiary/aromatic N) is 2. The summed E-state index contributed by atoms with van der Waals surface area (Å²) in [6.45, 7) is 5.06. The average molecular weight is 476 g/mol. The molecule has 4 rings (SSSR count). The molecule has 0 saturated carbocycles. The summed E-state index contributed by atoms with van der Waals surface area (Å²) in [7, 11) is 2.16. The third-order valence-electron chi connectivity index (χ3n) is 5.14. The monoisotopic (exact) mass is 475 g/mol. The molecule has 0 aliphatic carbocycles. The van der Waals surface area contributed by atoms with Gasteiger partial charge in [-0.1, -0.05) is 40.2 Å². The lowest BCUT2D eigenvalue weighted by molar-refractivity contribution is -0.122. The maximum Gasteiger partial charge on any atom is 0.290 e. The van der Waals surface area contributed by atoms with E-state index in [4.69, 9.17) is 9.90 Å². The molecule has 1 saturated heterocycles. The van der Waals surface area contributed by atoms with E-state index in [2.05, 4.69) is 49.9 Å². The summed E-state index contributed by atoms with van der Waals surface area (Å²) in [5, 5.41) is 7.94. The fourth-order valence-electron chi connectivity index (χ4n) is 3.50. The Kier molecular flexibility index (Phi) is 7.36. The minimum atomic E-state index is -0.430. The van der Waals surface area contributed by atoms with Crippen molar-refractivity contribution in [2.45, 2.75) is 6.54 Å². The number of hydrogen-bond acceptors (Lipinski definition) is 4. The quantitative estimate of drug-likeness (QED) is 0.566. The fraction of sp³-hybridized carbons (Fsp3) is 0.273. The molecule has 1 aromatic heterocycles. The predicted octanol–water partition coefficient (Wildman–Crippen LogP) is 3.54. The first-order valence-corrected chi connectivity index (χ1v) is 10.3. The smallest absolute Gasteiger partial charge is 0.290 e. The lowest BCUT2D eigenvalue weighted by atomic mass is 10.1. The van der Waals surface area contributed by atoms with Crippen molar-refractivity contribution in [3.8, 4) is 11.3 Å². The van der Waals surface area contributed by atoms with E-state index >= 15 is 0 Å². The molecule has 0 spiro atoms. The van der Waals surface area contributed by atoms with Crippen molar-refractivity contribution in [1.82, 2.24) is 14.8 Å². The number of H-pyrrole nitrogens is 1. The van der Waals surface area contributed by atoms with Crippen molar-refractivity contribution in [3.63, 3.8) is 0 Å².